The van der Waals surface area contributed by atoms with Crippen LogP contribution in [0.2, 0.25) is 0 Å². The second kappa shape index (κ2) is 7.86. The Labute approximate surface area is 108 Å². The van der Waals surface area contributed by atoms with Gasteiger partial charge in [0.05, 0.1) is 0 Å². The van der Waals surface area contributed by atoms with Gasteiger partial charge in [0.2, 0.25) is 0 Å². The predicted octanol–water partition coefficient (Wildman–Crippen LogP) is -1.27. The molecule has 1 fully saturated rings. The summed E-state index contributed by atoms with van der Waals surface area (Å²) < 4.78 is 0. The molecule has 99 valence electrons. The maximum absolute atomic E-state index is 11.9. The van der Waals surface area contributed by atoms with E-state index < -0.39 is 0 Å². The Hall–Kier alpha value is -1.37. The molecule has 1 aliphatic rings. The lowest BCUT2D eigenvalue weighted by Crippen LogP contribution is -2.49. The molecule has 0 aliphatic carbocycles. The Morgan fingerprint density at radius 1 is 1.06 bits per heavy atom. The van der Waals surface area contributed by atoms with Gasteiger partial charge in [-0.3, -0.25) is 4.79 Å². The van der Waals surface area contributed by atoms with Crippen LogP contribution in [0.15, 0.2) is 30.3 Å². The highest BCUT2D eigenvalue weighted by molar-refractivity contribution is 6.83. The van der Waals surface area contributed by atoms with Crippen LogP contribution < -0.4 is 5.46 Å². The van der Waals surface area contributed by atoms with E-state index in [0.29, 0.717) is 0 Å². The minimum Gasteiger partial charge on any atom is -0.412 e. The van der Waals surface area contributed by atoms with Crippen molar-refractivity contribution in [3.63, 3.8) is 0 Å². The summed E-state index contributed by atoms with van der Waals surface area (Å²) in [6, 6.07) is 9.76. The highest BCUT2D eigenvalue weighted by atomic mass is 16.2. The van der Waals surface area contributed by atoms with Crippen LogP contribution in [-0.4, -0.2) is 67.1 Å². The number of hydrogen-bond acceptors (Lipinski definition) is 2. The highest BCUT2D eigenvalue weighted by Gasteiger charge is 2.19. The molecule has 0 unspecified atom stereocenters. The number of hydrogen-bond donors (Lipinski definition) is 0. The van der Waals surface area contributed by atoms with Crippen LogP contribution >= 0.6 is 0 Å². The molecule has 1 radical (unpaired) electrons. The third-order valence-electron chi connectivity index (χ3n) is 2.90. The molecule has 0 bridgehead atoms. The van der Waals surface area contributed by atoms with Gasteiger partial charge in [-0.2, -0.15) is 0 Å². The molecule has 0 aromatic heterocycles. The van der Waals surface area contributed by atoms with Crippen molar-refractivity contribution in [2.45, 2.75) is 0 Å². The summed E-state index contributed by atoms with van der Waals surface area (Å²) in [6.45, 7) is 3.60. The maximum atomic E-state index is 11.9. The standard InChI is InChI=1S/C12H16BN2O.2H2O/c1-14-7-9-15(10-8-14)12(16)13-11-5-3-2-4-6-11;;/h2-6H,7-10H2,1H3;2*1H2. The Balaban J connectivity index is 0.00000144. The van der Waals surface area contributed by atoms with E-state index in [9.17, 15) is 4.79 Å². The van der Waals surface area contributed by atoms with Crippen molar-refractivity contribution in [2.75, 3.05) is 33.2 Å². The van der Waals surface area contributed by atoms with E-state index in [1.165, 1.54) is 0 Å². The fraction of sp³-hybridized carbons (Fsp3) is 0.417. The molecular formula is C12H20BN2O3. The van der Waals surface area contributed by atoms with Gasteiger partial charge in [-0.15, -0.1) is 0 Å². The molecule has 0 spiro atoms. The molecule has 1 aromatic carbocycles. The normalized spacial score (nSPS) is 15.3. The summed E-state index contributed by atoms with van der Waals surface area (Å²) in [7, 11) is 3.80. The molecule has 1 heterocycles. The number of carbonyl (C=O) groups is 1. The Bertz CT molecular complexity index is 354. The van der Waals surface area contributed by atoms with Crippen molar-refractivity contribution < 1.29 is 15.7 Å². The Morgan fingerprint density at radius 3 is 2.17 bits per heavy atom. The van der Waals surface area contributed by atoms with Crippen LogP contribution in [0.3, 0.4) is 0 Å². The van der Waals surface area contributed by atoms with Crippen molar-refractivity contribution >= 4 is 18.5 Å². The molecule has 4 N–H and O–H groups in total. The van der Waals surface area contributed by atoms with E-state index in [-0.39, 0.29) is 16.8 Å². The fourth-order valence-corrected chi connectivity index (χ4v) is 1.81. The summed E-state index contributed by atoms with van der Waals surface area (Å²) in [5.74, 6) is 0.124. The monoisotopic (exact) mass is 251 g/mol. The number of amides is 1. The van der Waals surface area contributed by atoms with E-state index in [0.717, 1.165) is 31.6 Å². The van der Waals surface area contributed by atoms with Crippen molar-refractivity contribution in [2.24, 2.45) is 0 Å². The van der Waals surface area contributed by atoms with E-state index in [2.05, 4.69) is 11.9 Å². The van der Waals surface area contributed by atoms with Gasteiger partial charge in [-0.05, 0) is 7.05 Å². The third-order valence-corrected chi connectivity index (χ3v) is 2.90. The second-order valence-corrected chi connectivity index (χ2v) is 4.18. The molecule has 1 saturated heterocycles. The van der Waals surface area contributed by atoms with Crippen LogP contribution in [0.5, 0.6) is 0 Å². The molecular weight excluding hydrogens is 231 g/mol. The Morgan fingerprint density at radius 2 is 1.61 bits per heavy atom. The smallest absolute Gasteiger partial charge is 0.271 e. The zero-order valence-electron chi connectivity index (χ0n) is 10.6. The average molecular weight is 251 g/mol. The summed E-state index contributed by atoms with van der Waals surface area (Å²) in [5.41, 5.74) is 0.978. The van der Waals surface area contributed by atoms with E-state index in [1.54, 1.807) is 7.28 Å². The molecule has 2 rings (SSSR count). The van der Waals surface area contributed by atoms with Gasteiger partial charge < -0.3 is 20.8 Å². The van der Waals surface area contributed by atoms with Gasteiger partial charge in [0, 0.05) is 26.2 Å². The van der Waals surface area contributed by atoms with Crippen molar-refractivity contribution in [3.05, 3.63) is 30.3 Å². The molecule has 1 aliphatic heterocycles. The van der Waals surface area contributed by atoms with Gasteiger partial charge in [0.1, 0.15) is 0 Å². The van der Waals surface area contributed by atoms with Crippen molar-refractivity contribution in [1.29, 1.82) is 0 Å². The second-order valence-electron chi connectivity index (χ2n) is 4.18. The molecule has 5 nitrogen and oxygen atoms in total. The van der Waals surface area contributed by atoms with Crippen LogP contribution in [0.4, 0.5) is 4.79 Å². The number of benzene rings is 1. The lowest BCUT2D eigenvalue weighted by Gasteiger charge is -2.32. The first kappa shape index (κ1) is 16.6. The number of rotatable bonds is 2. The molecule has 6 heteroatoms. The summed E-state index contributed by atoms with van der Waals surface area (Å²) >= 11 is 0. The summed E-state index contributed by atoms with van der Waals surface area (Å²) in [5, 5.41) is 0. The van der Waals surface area contributed by atoms with Crippen molar-refractivity contribution in [3.8, 4) is 0 Å². The number of carbonyl (C=O) groups excluding carboxylic acids is 1. The van der Waals surface area contributed by atoms with Gasteiger partial charge in [0.25, 0.3) is 7.28 Å². The SMILES string of the molecule is CN1CCN(C(=O)[B]c2ccccc2)CC1.O.O. The first-order valence-corrected chi connectivity index (χ1v) is 5.63. The van der Waals surface area contributed by atoms with E-state index in [1.807, 2.05) is 35.2 Å². The van der Waals surface area contributed by atoms with Gasteiger partial charge in [-0.25, -0.2) is 0 Å². The largest absolute Gasteiger partial charge is 0.412 e. The molecule has 1 amide bonds. The maximum Gasteiger partial charge on any atom is 0.271 e. The van der Waals surface area contributed by atoms with Gasteiger partial charge in [0.15, 0.2) is 5.81 Å². The minimum absolute atomic E-state index is 0. The number of likely N-dealkylation sites (N-methyl/N-ethyl adjacent to an activating group) is 1. The van der Waals surface area contributed by atoms with Crippen LogP contribution in [0, 0.1) is 0 Å². The lowest BCUT2D eigenvalue weighted by atomic mass is 9.69. The molecule has 0 atom stereocenters. The number of piperazine rings is 1. The number of nitrogens with zero attached hydrogens (tertiary/aromatic N) is 2. The zero-order chi connectivity index (χ0) is 11.4. The van der Waals surface area contributed by atoms with Crippen LogP contribution in [-0.2, 0) is 0 Å². The first-order chi connectivity index (χ1) is 7.75. The summed E-state index contributed by atoms with van der Waals surface area (Å²) in [6.07, 6.45) is 0. The van der Waals surface area contributed by atoms with E-state index in [4.69, 9.17) is 0 Å². The zero-order valence-corrected chi connectivity index (χ0v) is 10.6. The van der Waals surface area contributed by atoms with Crippen molar-refractivity contribution in [1.82, 2.24) is 9.80 Å². The van der Waals surface area contributed by atoms with Gasteiger partial charge in [-0.1, -0.05) is 35.8 Å². The topological polar surface area (TPSA) is 86.5 Å². The highest BCUT2D eigenvalue weighted by Crippen LogP contribution is 2.00. The molecule has 1 aromatic rings. The molecule has 18 heavy (non-hydrogen) atoms. The van der Waals surface area contributed by atoms with Crippen LogP contribution in [0.1, 0.15) is 0 Å². The lowest BCUT2D eigenvalue weighted by molar-refractivity contribution is 0.171. The molecule has 0 saturated carbocycles. The minimum atomic E-state index is 0. The van der Waals surface area contributed by atoms with Crippen LogP contribution in [0.25, 0.3) is 0 Å². The predicted molar refractivity (Wildman–Crippen MR) is 73.5 cm³/mol. The summed E-state index contributed by atoms with van der Waals surface area (Å²) in [4.78, 5) is 16.1. The Kier molecular flexibility index (Phi) is 7.27. The van der Waals surface area contributed by atoms with E-state index >= 15 is 0 Å². The van der Waals surface area contributed by atoms with Gasteiger partial charge >= 0.3 is 0 Å². The third kappa shape index (κ3) is 4.48. The quantitative estimate of drug-likeness (QED) is 0.614. The fourth-order valence-electron chi connectivity index (χ4n) is 1.81. The first-order valence-electron chi connectivity index (χ1n) is 5.63. The average Bonchev–Trinajstić information content (AvgIpc) is 2.31.